The van der Waals surface area contributed by atoms with Gasteiger partial charge in [0.1, 0.15) is 11.6 Å². The number of hydrogen-bond donors (Lipinski definition) is 1. The summed E-state index contributed by atoms with van der Waals surface area (Å²) in [7, 11) is 0. The molecule has 1 aromatic heterocycles. The van der Waals surface area contributed by atoms with Gasteiger partial charge < -0.3 is 14.6 Å². The van der Waals surface area contributed by atoms with Gasteiger partial charge in [-0.2, -0.15) is 0 Å². The lowest BCUT2D eigenvalue weighted by Gasteiger charge is -2.16. The van der Waals surface area contributed by atoms with Crippen LogP contribution in [0, 0.1) is 13.8 Å². The number of aromatic nitrogens is 2. The fraction of sp³-hybridized carbons (Fsp3) is 0.364. The van der Waals surface area contributed by atoms with Gasteiger partial charge in [0, 0.05) is 13.5 Å². The highest BCUT2D eigenvalue weighted by atomic mass is 16.5. The number of aryl methyl sites for hydroxylation is 3. The highest BCUT2D eigenvalue weighted by Gasteiger charge is 2.17. The van der Waals surface area contributed by atoms with E-state index in [2.05, 4.69) is 48.0 Å². The van der Waals surface area contributed by atoms with Crippen LogP contribution in [0.25, 0.3) is 11.0 Å². The van der Waals surface area contributed by atoms with E-state index in [9.17, 15) is 4.79 Å². The minimum absolute atomic E-state index is 0.0561. The maximum absolute atomic E-state index is 11.5. The molecule has 1 unspecified atom stereocenters. The van der Waals surface area contributed by atoms with Crippen molar-refractivity contribution in [1.82, 2.24) is 14.9 Å². The first kappa shape index (κ1) is 19.0. The molecule has 1 N–H and O–H groups in total. The molecule has 5 nitrogen and oxygen atoms in total. The van der Waals surface area contributed by atoms with Crippen molar-refractivity contribution in [3.05, 3.63) is 59.4 Å². The zero-order valence-electron chi connectivity index (χ0n) is 16.5. The normalized spacial score (nSPS) is 12.1. The number of rotatable bonds is 7. The van der Waals surface area contributed by atoms with E-state index in [0.29, 0.717) is 6.61 Å². The van der Waals surface area contributed by atoms with Gasteiger partial charge in [0.05, 0.1) is 23.7 Å². The summed E-state index contributed by atoms with van der Waals surface area (Å²) in [4.78, 5) is 16.2. The quantitative estimate of drug-likeness (QED) is 0.635. The molecule has 3 aromatic rings. The Labute approximate surface area is 160 Å². The number of imidazole rings is 1. The van der Waals surface area contributed by atoms with Crippen LogP contribution >= 0.6 is 0 Å². The fourth-order valence-electron chi connectivity index (χ4n) is 3.30. The lowest BCUT2D eigenvalue weighted by Crippen LogP contribution is -2.26. The lowest BCUT2D eigenvalue weighted by molar-refractivity contribution is -0.119. The molecule has 1 amide bonds. The first-order valence-corrected chi connectivity index (χ1v) is 9.38. The van der Waals surface area contributed by atoms with E-state index in [1.165, 1.54) is 12.5 Å². The van der Waals surface area contributed by atoms with E-state index in [1.54, 1.807) is 0 Å². The smallest absolute Gasteiger partial charge is 0.217 e. The molecule has 3 rings (SSSR count). The van der Waals surface area contributed by atoms with Crippen LogP contribution in [0.5, 0.6) is 5.75 Å². The summed E-state index contributed by atoms with van der Waals surface area (Å²) in [6.45, 7) is 9.04. The molecule has 0 aliphatic carbocycles. The molecular weight excluding hydrogens is 338 g/mol. The zero-order valence-corrected chi connectivity index (χ0v) is 16.5. The molecule has 142 valence electrons. The molecule has 0 aliphatic heterocycles. The number of ether oxygens (including phenoxy) is 1. The van der Waals surface area contributed by atoms with Gasteiger partial charge in [-0.05, 0) is 56.5 Å². The maximum atomic E-state index is 11.5. The van der Waals surface area contributed by atoms with Crippen LogP contribution in [0.2, 0.25) is 0 Å². The largest absolute Gasteiger partial charge is 0.493 e. The summed E-state index contributed by atoms with van der Waals surface area (Å²) in [6, 6.07) is 14.2. The standard InChI is InChI=1S/C22H27N3O2/c1-15-10-11-16(2)21(14-15)27-13-7-12-25-20-9-6-5-8-19(20)24-22(25)17(3)23-18(4)26/h5-6,8-11,14,17H,7,12-13H2,1-4H3,(H,23,26). The van der Waals surface area contributed by atoms with Crippen molar-refractivity contribution in [2.24, 2.45) is 0 Å². The van der Waals surface area contributed by atoms with Crippen LogP contribution in [-0.2, 0) is 11.3 Å². The van der Waals surface area contributed by atoms with E-state index in [-0.39, 0.29) is 11.9 Å². The predicted octanol–water partition coefficient (Wildman–Crippen LogP) is 4.32. The molecule has 0 aliphatic rings. The van der Waals surface area contributed by atoms with Gasteiger partial charge in [0.25, 0.3) is 0 Å². The predicted molar refractivity (Wildman–Crippen MR) is 108 cm³/mol. The Balaban J connectivity index is 1.73. The molecule has 0 saturated carbocycles. The van der Waals surface area contributed by atoms with Crippen molar-refractivity contribution in [3.8, 4) is 5.75 Å². The Morgan fingerprint density at radius 3 is 2.78 bits per heavy atom. The van der Waals surface area contributed by atoms with Crippen LogP contribution in [0.1, 0.15) is 43.3 Å². The van der Waals surface area contributed by atoms with Crippen molar-refractivity contribution >= 4 is 16.9 Å². The van der Waals surface area contributed by atoms with Crippen LogP contribution < -0.4 is 10.1 Å². The Kier molecular flexibility index (Phi) is 5.79. The van der Waals surface area contributed by atoms with Gasteiger partial charge in [-0.25, -0.2) is 4.98 Å². The number of carbonyl (C=O) groups excluding carboxylic acids is 1. The molecule has 0 bridgehead atoms. The number of amides is 1. The van der Waals surface area contributed by atoms with Crippen LogP contribution in [0.15, 0.2) is 42.5 Å². The molecule has 2 aromatic carbocycles. The molecule has 1 atom stereocenters. The third-order valence-electron chi connectivity index (χ3n) is 4.62. The monoisotopic (exact) mass is 365 g/mol. The molecule has 5 heteroatoms. The minimum atomic E-state index is -0.144. The number of benzene rings is 2. The van der Waals surface area contributed by atoms with Crippen molar-refractivity contribution in [3.63, 3.8) is 0 Å². The van der Waals surface area contributed by atoms with Gasteiger partial charge >= 0.3 is 0 Å². The zero-order chi connectivity index (χ0) is 19.4. The second kappa shape index (κ2) is 8.25. The van der Waals surface area contributed by atoms with Crippen LogP contribution in [-0.4, -0.2) is 22.1 Å². The van der Waals surface area contributed by atoms with Gasteiger partial charge in [0.2, 0.25) is 5.91 Å². The Morgan fingerprint density at radius 2 is 2.00 bits per heavy atom. The molecule has 0 spiro atoms. The number of fused-ring (bicyclic) bond motifs is 1. The lowest BCUT2D eigenvalue weighted by atomic mass is 10.1. The van der Waals surface area contributed by atoms with Crippen molar-refractivity contribution in [2.45, 2.75) is 46.7 Å². The van der Waals surface area contributed by atoms with Gasteiger partial charge in [-0.3, -0.25) is 4.79 Å². The molecule has 1 heterocycles. The third kappa shape index (κ3) is 4.48. The number of para-hydroxylation sites is 2. The summed E-state index contributed by atoms with van der Waals surface area (Å²) in [5.41, 5.74) is 4.37. The third-order valence-corrected chi connectivity index (χ3v) is 4.62. The summed E-state index contributed by atoms with van der Waals surface area (Å²) in [5, 5.41) is 2.94. The number of carbonyl (C=O) groups is 1. The van der Waals surface area contributed by atoms with E-state index < -0.39 is 0 Å². The van der Waals surface area contributed by atoms with E-state index in [0.717, 1.165) is 41.1 Å². The number of nitrogens with zero attached hydrogens (tertiary/aromatic N) is 2. The maximum Gasteiger partial charge on any atom is 0.217 e. The van der Waals surface area contributed by atoms with Crippen LogP contribution in [0.3, 0.4) is 0 Å². The second-order valence-electron chi connectivity index (χ2n) is 7.00. The van der Waals surface area contributed by atoms with Gasteiger partial charge in [0.15, 0.2) is 0 Å². The SMILES string of the molecule is CC(=O)NC(C)c1nc2ccccc2n1CCCOc1cc(C)ccc1C. The molecule has 0 radical (unpaired) electrons. The first-order valence-electron chi connectivity index (χ1n) is 9.38. The highest BCUT2D eigenvalue weighted by Crippen LogP contribution is 2.22. The average molecular weight is 365 g/mol. The second-order valence-corrected chi connectivity index (χ2v) is 7.00. The van der Waals surface area contributed by atoms with Crippen molar-refractivity contribution < 1.29 is 9.53 Å². The van der Waals surface area contributed by atoms with E-state index in [4.69, 9.17) is 9.72 Å². The Hall–Kier alpha value is -2.82. The van der Waals surface area contributed by atoms with Gasteiger partial charge in [-0.15, -0.1) is 0 Å². The highest BCUT2D eigenvalue weighted by molar-refractivity contribution is 5.77. The Morgan fingerprint density at radius 1 is 1.22 bits per heavy atom. The average Bonchev–Trinajstić information content (AvgIpc) is 3.00. The van der Waals surface area contributed by atoms with Gasteiger partial charge in [-0.1, -0.05) is 24.3 Å². The first-order chi connectivity index (χ1) is 13.0. The fourth-order valence-corrected chi connectivity index (χ4v) is 3.30. The molecular formula is C22H27N3O2. The van der Waals surface area contributed by atoms with Crippen molar-refractivity contribution in [1.29, 1.82) is 0 Å². The molecule has 0 saturated heterocycles. The summed E-state index contributed by atoms with van der Waals surface area (Å²) >= 11 is 0. The topological polar surface area (TPSA) is 56.2 Å². The van der Waals surface area contributed by atoms with Crippen molar-refractivity contribution in [2.75, 3.05) is 6.61 Å². The number of nitrogens with one attached hydrogen (secondary N) is 1. The van der Waals surface area contributed by atoms with Crippen LogP contribution in [0.4, 0.5) is 0 Å². The summed E-state index contributed by atoms with van der Waals surface area (Å²) < 4.78 is 8.17. The van der Waals surface area contributed by atoms with E-state index in [1.807, 2.05) is 25.1 Å². The summed E-state index contributed by atoms with van der Waals surface area (Å²) in [5.74, 6) is 1.76. The minimum Gasteiger partial charge on any atom is -0.493 e. The number of hydrogen-bond acceptors (Lipinski definition) is 3. The molecule has 0 fully saturated rings. The summed E-state index contributed by atoms with van der Waals surface area (Å²) in [6.07, 6.45) is 0.855. The van der Waals surface area contributed by atoms with E-state index >= 15 is 0 Å². The Bertz CT molecular complexity index is 946. The molecule has 27 heavy (non-hydrogen) atoms.